The van der Waals surface area contributed by atoms with E-state index in [1.54, 1.807) is 7.11 Å². The van der Waals surface area contributed by atoms with Gasteiger partial charge in [0.1, 0.15) is 5.75 Å². The number of rotatable bonds is 4. The molecule has 84 valence electrons. The molecule has 0 aliphatic rings. The third-order valence-electron chi connectivity index (χ3n) is 2.14. The standard InChI is InChI=1S/C11H13N3O2/c1-12-7-10-13-11(16-14-10)8-5-3-4-6-9(8)15-2/h3-6,12H,7H2,1-2H3. The normalized spacial score (nSPS) is 10.4. The van der Waals surface area contributed by atoms with E-state index in [1.807, 2.05) is 31.3 Å². The largest absolute Gasteiger partial charge is 0.496 e. The van der Waals surface area contributed by atoms with Crippen molar-refractivity contribution in [3.05, 3.63) is 30.1 Å². The Morgan fingerprint density at radius 1 is 1.38 bits per heavy atom. The first-order valence-corrected chi connectivity index (χ1v) is 4.95. The van der Waals surface area contributed by atoms with Gasteiger partial charge in [0, 0.05) is 0 Å². The summed E-state index contributed by atoms with van der Waals surface area (Å²) in [5, 5.41) is 6.81. The first kappa shape index (κ1) is 10.6. The number of hydrogen-bond donors (Lipinski definition) is 1. The molecule has 1 aromatic carbocycles. The number of nitrogens with one attached hydrogen (secondary N) is 1. The van der Waals surface area contributed by atoms with Crippen LogP contribution in [-0.2, 0) is 6.54 Å². The number of nitrogens with zero attached hydrogens (tertiary/aromatic N) is 2. The van der Waals surface area contributed by atoms with Gasteiger partial charge in [-0.2, -0.15) is 4.98 Å². The maximum atomic E-state index is 5.23. The van der Waals surface area contributed by atoms with Gasteiger partial charge < -0.3 is 14.6 Å². The predicted molar refractivity (Wildman–Crippen MR) is 59.0 cm³/mol. The fraction of sp³-hybridized carbons (Fsp3) is 0.273. The van der Waals surface area contributed by atoms with Gasteiger partial charge in [-0.25, -0.2) is 0 Å². The molecule has 5 heteroatoms. The van der Waals surface area contributed by atoms with Crippen LogP contribution >= 0.6 is 0 Å². The Morgan fingerprint density at radius 2 is 2.19 bits per heavy atom. The Balaban J connectivity index is 2.34. The predicted octanol–water partition coefficient (Wildman–Crippen LogP) is 1.46. The molecule has 0 spiro atoms. The third-order valence-corrected chi connectivity index (χ3v) is 2.14. The molecule has 1 heterocycles. The quantitative estimate of drug-likeness (QED) is 0.843. The van der Waals surface area contributed by atoms with Crippen LogP contribution in [-0.4, -0.2) is 24.3 Å². The van der Waals surface area contributed by atoms with Gasteiger partial charge in [-0.15, -0.1) is 0 Å². The third kappa shape index (κ3) is 2.04. The van der Waals surface area contributed by atoms with E-state index in [4.69, 9.17) is 9.26 Å². The molecule has 0 saturated heterocycles. The summed E-state index contributed by atoms with van der Waals surface area (Å²) < 4.78 is 10.4. The van der Waals surface area contributed by atoms with E-state index in [-0.39, 0.29) is 0 Å². The van der Waals surface area contributed by atoms with Gasteiger partial charge in [0.15, 0.2) is 5.82 Å². The van der Waals surface area contributed by atoms with Crippen molar-refractivity contribution in [3.8, 4) is 17.2 Å². The second-order valence-electron chi connectivity index (χ2n) is 3.25. The summed E-state index contributed by atoms with van der Waals surface area (Å²) in [4.78, 5) is 4.26. The van der Waals surface area contributed by atoms with Crippen molar-refractivity contribution in [1.82, 2.24) is 15.5 Å². The second kappa shape index (κ2) is 4.76. The highest BCUT2D eigenvalue weighted by Crippen LogP contribution is 2.27. The molecule has 0 bridgehead atoms. The molecule has 0 saturated carbocycles. The Bertz CT molecular complexity index is 468. The van der Waals surface area contributed by atoms with Crippen LogP contribution in [0.4, 0.5) is 0 Å². The molecule has 2 aromatic rings. The zero-order valence-electron chi connectivity index (χ0n) is 9.23. The Kier molecular flexibility index (Phi) is 3.16. The van der Waals surface area contributed by atoms with Crippen molar-refractivity contribution >= 4 is 0 Å². The lowest BCUT2D eigenvalue weighted by molar-refractivity contribution is 0.402. The molecule has 1 N–H and O–H groups in total. The number of para-hydroxylation sites is 1. The van der Waals surface area contributed by atoms with Crippen LogP contribution in [0.15, 0.2) is 28.8 Å². The lowest BCUT2D eigenvalue weighted by atomic mass is 10.2. The van der Waals surface area contributed by atoms with Crippen LogP contribution in [0.1, 0.15) is 5.82 Å². The average molecular weight is 219 g/mol. The van der Waals surface area contributed by atoms with Crippen LogP contribution in [0.5, 0.6) is 5.75 Å². The SMILES string of the molecule is CNCc1noc(-c2ccccc2OC)n1. The minimum atomic E-state index is 0.475. The first-order chi connectivity index (χ1) is 7.85. The van der Waals surface area contributed by atoms with Crippen LogP contribution in [0, 0.1) is 0 Å². The van der Waals surface area contributed by atoms with Gasteiger partial charge in [-0.05, 0) is 19.2 Å². The van der Waals surface area contributed by atoms with E-state index in [1.165, 1.54) is 0 Å². The summed E-state index contributed by atoms with van der Waals surface area (Å²) in [7, 11) is 3.45. The minimum absolute atomic E-state index is 0.475. The maximum absolute atomic E-state index is 5.23. The molecule has 0 atom stereocenters. The van der Waals surface area contributed by atoms with Crippen molar-refractivity contribution in [1.29, 1.82) is 0 Å². The summed E-state index contributed by atoms with van der Waals surface area (Å²) in [6, 6.07) is 7.54. The van der Waals surface area contributed by atoms with Crippen LogP contribution in [0.2, 0.25) is 0 Å². The number of methoxy groups -OCH3 is 1. The number of benzene rings is 1. The summed E-state index contributed by atoms with van der Waals surface area (Å²) in [6.07, 6.45) is 0. The van der Waals surface area contributed by atoms with E-state index in [2.05, 4.69) is 15.5 Å². The lowest BCUT2D eigenvalue weighted by Gasteiger charge is -2.02. The van der Waals surface area contributed by atoms with Gasteiger partial charge in [-0.1, -0.05) is 17.3 Å². The Hall–Kier alpha value is -1.88. The van der Waals surface area contributed by atoms with Crippen molar-refractivity contribution in [2.45, 2.75) is 6.54 Å². The number of ether oxygens (including phenoxy) is 1. The van der Waals surface area contributed by atoms with Gasteiger partial charge in [0.25, 0.3) is 5.89 Å². The van der Waals surface area contributed by atoms with Crippen LogP contribution in [0.3, 0.4) is 0 Å². The van der Waals surface area contributed by atoms with E-state index in [0.717, 1.165) is 11.3 Å². The summed E-state index contributed by atoms with van der Waals surface area (Å²) in [5.41, 5.74) is 0.805. The first-order valence-electron chi connectivity index (χ1n) is 4.95. The van der Waals surface area contributed by atoms with Crippen LogP contribution in [0.25, 0.3) is 11.5 Å². The van der Waals surface area contributed by atoms with E-state index >= 15 is 0 Å². The highest BCUT2D eigenvalue weighted by molar-refractivity contribution is 5.62. The summed E-state index contributed by atoms with van der Waals surface area (Å²) >= 11 is 0. The number of aromatic nitrogens is 2. The highest BCUT2D eigenvalue weighted by atomic mass is 16.5. The Morgan fingerprint density at radius 3 is 2.94 bits per heavy atom. The van der Waals surface area contributed by atoms with Gasteiger partial charge in [0.2, 0.25) is 0 Å². The maximum Gasteiger partial charge on any atom is 0.261 e. The molecule has 1 aromatic heterocycles. The zero-order chi connectivity index (χ0) is 11.4. The zero-order valence-corrected chi connectivity index (χ0v) is 9.23. The monoisotopic (exact) mass is 219 g/mol. The van der Waals surface area contributed by atoms with E-state index in [0.29, 0.717) is 18.3 Å². The molecule has 0 aliphatic heterocycles. The minimum Gasteiger partial charge on any atom is -0.496 e. The van der Waals surface area contributed by atoms with Gasteiger partial charge >= 0.3 is 0 Å². The molecule has 0 unspecified atom stereocenters. The molecule has 0 radical (unpaired) electrons. The molecule has 16 heavy (non-hydrogen) atoms. The molecular weight excluding hydrogens is 206 g/mol. The van der Waals surface area contributed by atoms with Gasteiger partial charge in [0.05, 0.1) is 19.2 Å². The Labute approximate surface area is 93.4 Å². The summed E-state index contributed by atoms with van der Waals surface area (Å²) in [6.45, 7) is 0.582. The second-order valence-corrected chi connectivity index (χ2v) is 3.25. The van der Waals surface area contributed by atoms with E-state index < -0.39 is 0 Å². The average Bonchev–Trinajstić information content (AvgIpc) is 2.78. The van der Waals surface area contributed by atoms with Gasteiger partial charge in [-0.3, -0.25) is 0 Å². The topological polar surface area (TPSA) is 60.2 Å². The van der Waals surface area contributed by atoms with Crippen molar-refractivity contribution in [3.63, 3.8) is 0 Å². The lowest BCUT2D eigenvalue weighted by Crippen LogP contribution is -2.06. The highest BCUT2D eigenvalue weighted by Gasteiger charge is 2.12. The molecule has 2 rings (SSSR count). The van der Waals surface area contributed by atoms with E-state index in [9.17, 15) is 0 Å². The number of hydrogen-bond acceptors (Lipinski definition) is 5. The van der Waals surface area contributed by atoms with Crippen molar-refractivity contribution < 1.29 is 9.26 Å². The van der Waals surface area contributed by atoms with Crippen LogP contribution < -0.4 is 10.1 Å². The molecule has 0 aliphatic carbocycles. The molecule has 5 nitrogen and oxygen atoms in total. The fourth-order valence-electron chi connectivity index (χ4n) is 1.41. The molecular formula is C11H13N3O2. The molecule has 0 amide bonds. The molecule has 0 fully saturated rings. The fourth-order valence-corrected chi connectivity index (χ4v) is 1.41. The van der Waals surface area contributed by atoms with Crippen molar-refractivity contribution in [2.75, 3.05) is 14.2 Å². The van der Waals surface area contributed by atoms with Crippen molar-refractivity contribution in [2.24, 2.45) is 0 Å². The smallest absolute Gasteiger partial charge is 0.261 e. The summed E-state index contributed by atoms with van der Waals surface area (Å²) in [5.74, 6) is 1.83.